The molecule has 3 atom stereocenters. The zero-order valence-corrected chi connectivity index (χ0v) is 8.81. The van der Waals surface area contributed by atoms with Crippen molar-refractivity contribution in [3.8, 4) is 0 Å². The molecule has 1 fully saturated rings. The lowest BCUT2D eigenvalue weighted by Gasteiger charge is -2.15. The van der Waals surface area contributed by atoms with Gasteiger partial charge in [-0.1, -0.05) is 6.07 Å². The number of rotatable bonds is 1. The first-order chi connectivity index (χ1) is 7.52. The Hall–Kier alpha value is -1.03. The Bertz CT molecular complexity index is 438. The number of halogens is 3. The average Bonchev–Trinajstić information content (AvgIpc) is 2.93. The summed E-state index contributed by atoms with van der Waals surface area (Å²) in [7, 11) is 1.87. The zero-order chi connectivity index (χ0) is 11.5. The Labute approximate surface area is 91.7 Å². The van der Waals surface area contributed by atoms with Crippen LogP contribution >= 0.6 is 0 Å². The summed E-state index contributed by atoms with van der Waals surface area (Å²) in [6.45, 7) is 0. The molecule has 0 bridgehead atoms. The summed E-state index contributed by atoms with van der Waals surface area (Å²) in [6.07, 6.45) is -3.20. The normalized spacial score (nSPS) is 31.1. The topological polar surface area (TPSA) is 12.0 Å². The highest BCUT2D eigenvalue weighted by Gasteiger charge is 2.51. The SMILES string of the molecule is CN[C@@H]1c2ccc(C(F)(F)F)cc2[C@@H]2C[C@H]12. The summed E-state index contributed by atoms with van der Waals surface area (Å²) in [6, 6.07) is 4.40. The van der Waals surface area contributed by atoms with E-state index in [4.69, 9.17) is 0 Å². The number of benzene rings is 1. The van der Waals surface area contributed by atoms with Crippen molar-refractivity contribution < 1.29 is 13.2 Å². The third-order valence-electron chi connectivity index (χ3n) is 3.73. The second-order valence-corrected chi connectivity index (χ2v) is 4.61. The molecule has 1 N–H and O–H groups in total. The molecule has 3 rings (SSSR count). The fourth-order valence-electron chi connectivity index (χ4n) is 2.90. The third kappa shape index (κ3) is 1.29. The average molecular weight is 227 g/mol. The van der Waals surface area contributed by atoms with Gasteiger partial charge in [0.25, 0.3) is 0 Å². The molecule has 0 spiro atoms. The number of nitrogens with one attached hydrogen (secondary N) is 1. The molecule has 0 radical (unpaired) electrons. The predicted molar refractivity (Wildman–Crippen MR) is 54.1 cm³/mol. The molecular weight excluding hydrogens is 215 g/mol. The molecule has 0 unspecified atom stereocenters. The van der Waals surface area contributed by atoms with Gasteiger partial charge >= 0.3 is 6.18 Å². The van der Waals surface area contributed by atoms with Gasteiger partial charge in [0.15, 0.2) is 0 Å². The molecule has 0 heterocycles. The summed E-state index contributed by atoms with van der Waals surface area (Å²) in [5, 5.41) is 3.19. The lowest BCUT2D eigenvalue weighted by molar-refractivity contribution is -0.137. The smallest absolute Gasteiger partial charge is 0.313 e. The fraction of sp³-hybridized carbons (Fsp3) is 0.500. The summed E-state index contributed by atoms with van der Waals surface area (Å²) in [5.41, 5.74) is 1.43. The van der Waals surface area contributed by atoms with Crippen molar-refractivity contribution in [2.75, 3.05) is 7.05 Å². The van der Waals surface area contributed by atoms with Gasteiger partial charge in [0.2, 0.25) is 0 Å². The highest BCUT2D eigenvalue weighted by Crippen LogP contribution is 2.61. The Balaban J connectivity index is 2.05. The molecule has 1 aromatic rings. The van der Waals surface area contributed by atoms with Crippen LogP contribution in [0.5, 0.6) is 0 Å². The minimum atomic E-state index is -4.23. The quantitative estimate of drug-likeness (QED) is 0.777. The molecule has 1 aromatic carbocycles. The molecule has 0 amide bonds. The van der Waals surface area contributed by atoms with Crippen LogP contribution < -0.4 is 5.32 Å². The maximum atomic E-state index is 12.6. The summed E-state index contributed by atoms with van der Waals surface area (Å²) >= 11 is 0. The predicted octanol–water partition coefficient (Wildman–Crippen LogP) is 3.08. The van der Waals surface area contributed by atoms with E-state index in [1.165, 1.54) is 12.1 Å². The van der Waals surface area contributed by atoms with Gasteiger partial charge in [-0.15, -0.1) is 0 Å². The molecule has 86 valence electrons. The van der Waals surface area contributed by atoms with Crippen LogP contribution in [-0.4, -0.2) is 7.05 Å². The number of alkyl halides is 3. The molecule has 0 saturated heterocycles. The van der Waals surface area contributed by atoms with Crippen molar-refractivity contribution in [3.63, 3.8) is 0 Å². The Morgan fingerprint density at radius 3 is 2.62 bits per heavy atom. The molecule has 4 heteroatoms. The van der Waals surface area contributed by atoms with E-state index in [-0.39, 0.29) is 6.04 Å². The van der Waals surface area contributed by atoms with Crippen molar-refractivity contribution in [2.45, 2.75) is 24.6 Å². The van der Waals surface area contributed by atoms with Crippen LogP contribution in [0, 0.1) is 5.92 Å². The maximum absolute atomic E-state index is 12.6. The van der Waals surface area contributed by atoms with E-state index in [2.05, 4.69) is 5.32 Å². The molecule has 0 aromatic heterocycles. The van der Waals surface area contributed by atoms with Gasteiger partial charge in [-0.2, -0.15) is 13.2 Å². The second-order valence-electron chi connectivity index (χ2n) is 4.61. The van der Waals surface area contributed by atoms with Crippen LogP contribution in [0.4, 0.5) is 13.2 Å². The first-order valence-corrected chi connectivity index (χ1v) is 5.40. The van der Waals surface area contributed by atoms with Crippen LogP contribution in [0.15, 0.2) is 18.2 Å². The maximum Gasteiger partial charge on any atom is 0.416 e. The van der Waals surface area contributed by atoms with Crippen molar-refractivity contribution >= 4 is 0 Å². The third-order valence-corrected chi connectivity index (χ3v) is 3.73. The molecular formula is C12H12F3N. The largest absolute Gasteiger partial charge is 0.416 e. The van der Waals surface area contributed by atoms with E-state index in [0.717, 1.165) is 17.5 Å². The van der Waals surface area contributed by atoms with Gasteiger partial charge in [-0.3, -0.25) is 0 Å². The van der Waals surface area contributed by atoms with Gasteiger partial charge < -0.3 is 5.32 Å². The Morgan fingerprint density at radius 2 is 2.00 bits per heavy atom. The molecule has 0 aliphatic heterocycles. The minimum Gasteiger partial charge on any atom is -0.313 e. The highest BCUT2D eigenvalue weighted by molar-refractivity contribution is 5.47. The first kappa shape index (κ1) is 10.1. The van der Waals surface area contributed by atoms with Gasteiger partial charge in [0.05, 0.1) is 5.56 Å². The van der Waals surface area contributed by atoms with Crippen LogP contribution in [-0.2, 0) is 6.18 Å². The fourth-order valence-corrected chi connectivity index (χ4v) is 2.90. The van der Waals surface area contributed by atoms with E-state index in [0.29, 0.717) is 11.8 Å². The first-order valence-electron chi connectivity index (χ1n) is 5.40. The van der Waals surface area contributed by atoms with Crippen LogP contribution in [0.2, 0.25) is 0 Å². The van der Waals surface area contributed by atoms with Gasteiger partial charge in [0.1, 0.15) is 0 Å². The number of hydrogen-bond acceptors (Lipinski definition) is 1. The standard InChI is InChI=1S/C12H12F3N/c1-16-11-7-3-2-6(12(13,14)15)4-8(7)9-5-10(9)11/h2-4,9-11,16H,5H2,1H3/t9-,10-,11+/m0/s1. The molecule has 2 aliphatic rings. The molecule has 1 nitrogen and oxygen atoms in total. The van der Waals surface area contributed by atoms with Crippen molar-refractivity contribution in [3.05, 3.63) is 34.9 Å². The van der Waals surface area contributed by atoms with E-state index < -0.39 is 11.7 Å². The lowest BCUT2D eigenvalue weighted by Crippen LogP contribution is -2.16. The van der Waals surface area contributed by atoms with Crippen molar-refractivity contribution in [1.82, 2.24) is 5.32 Å². The van der Waals surface area contributed by atoms with E-state index in [1.807, 2.05) is 7.05 Å². The minimum absolute atomic E-state index is 0.252. The number of hydrogen-bond donors (Lipinski definition) is 1. The van der Waals surface area contributed by atoms with E-state index in [9.17, 15) is 13.2 Å². The molecule has 2 aliphatic carbocycles. The highest BCUT2D eigenvalue weighted by atomic mass is 19.4. The van der Waals surface area contributed by atoms with Crippen molar-refractivity contribution in [1.29, 1.82) is 0 Å². The zero-order valence-electron chi connectivity index (χ0n) is 8.81. The second kappa shape index (κ2) is 3.00. The van der Waals surface area contributed by atoms with E-state index >= 15 is 0 Å². The van der Waals surface area contributed by atoms with Crippen molar-refractivity contribution in [2.24, 2.45) is 5.92 Å². The summed E-state index contributed by atoms with van der Waals surface area (Å²) in [4.78, 5) is 0. The van der Waals surface area contributed by atoms with Gasteiger partial charge in [-0.25, -0.2) is 0 Å². The molecule has 16 heavy (non-hydrogen) atoms. The Kier molecular flexibility index (Phi) is 1.90. The lowest BCUT2D eigenvalue weighted by atomic mass is 10.00. The summed E-state index contributed by atoms with van der Waals surface area (Å²) < 4.78 is 37.7. The van der Waals surface area contributed by atoms with Crippen LogP contribution in [0.1, 0.15) is 35.1 Å². The van der Waals surface area contributed by atoms with E-state index in [1.54, 1.807) is 6.07 Å². The monoisotopic (exact) mass is 227 g/mol. The van der Waals surface area contributed by atoms with Crippen LogP contribution in [0.3, 0.4) is 0 Å². The van der Waals surface area contributed by atoms with Gasteiger partial charge in [-0.05, 0) is 48.6 Å². The Morgan fingerprint density at radius 1 is 1.25 bits per heavy atom. The summed E-state index contributed by atoms with van der Waals surface area (Å²) in [5.74, 6) is 0.873. The van der Waals surface area contributed by atoms with Gasteiger partial charge in [0, 0.05) is 6.04 Å². The number of fused-ring (bicyclic) bond motifs is 3. The van der Waals surface area contributed by atoms with Crippen LogP contribution in [0.25, 0.3) is 0 Å². The molecule has 1 saturated carbocycles.